The van der Waals surface area contributed by atoms with Crippen molar-refractivity contribution in [3.05, 3.63) is 29.8 Å². The summed E-state index contributed by atoms with van der Waals surface area (Å²) in [7, 11) is 0. The lowest BCUT2D eigenvalue weighted by Crippen LogP contribution is -2.17. The molecule has 0 aromatic heterocycles. The second kappa shape index (κ2) is 8.57. The number of amides is 1. The van der Waals surface area contributed by atoms with Crippen molar-refractivity contribution >= 4 is 23.4 Å². The second-order valence-corrected chi connectivity index (χ2v) is 5.47. The average molecular weight is 277 g/mol. The van der Waals surface area contributed by atoms with Crippen LogP contribution in [0.15, 0.2) is 24.3 Å². The lowest BCUT2D eigenvalue weighted by molar-refractivity contribution is -0.113. The largest absolute Gasteiger partial charge is 0.330 e. The van der Waals surface area contributed by atoms with Crippen molar-refractivity contribution in [3.63, 3.8) is 0 Å². The van der Waals surface area contributed by atoms with Crippen molar-refractivity contribution in [1.29, 1.82) is 5.26 Å². The van der Waals surface area contributed by atoms with E-state index in [0.717, 1.165) is 17.0 Å². The van der Waals surface area contributed by atoms with Crippen LogP contribution in [0.5, 0.6) is 0 Å². The molecule has 0 spiro atoms. The number of hydrogen-bond donors (Lipinski definition) is 2. The first kappa shape index (κ1) is 15.5. The highest BCUT2D eigenvalue weighted by Gasteiger charge is 2.05. The van der Waals surface area contributed by atoms with Crippen LogP contribution < -0.4 is 11.1 Å². The molecule has 0 saturated carbocycles. The van der Waals surface area contributed by atoms with Crippen LogP contribution in [0, 0.1) is 17.2 Å². The van der Waals surface area contributed by atoms with E-state index in [0.29, 0.717) is 24.6 Å². The van der Waals surface area contributed by atoms with Crippen LogP contribution in [0.3, 0.4) is 0 Å². The van der Waals surface area contributed by atoms with Gasteiger partial charge in [0.05, 0.1) is 18.2 Å². The highest BCUT2D eigenvalue weighted by atomic mass is 32.2. The molecule has 19 heavy (non-hydrogen) atoms. The van der Waals surface area contributed by atoms with Gasteiger partial charge in [0, 0.05) is 5.69 Å². The zero-order chi connectivity index (χ0) is 14.1. The van der Waals surface area contributed by atoms with Crippen molar-refractivity contribution < 1.29 is 4.79 Å². The second-order valence-electron chi connectivity index (χ2n) is 4.44. The molecule has 0 heterocycles. The summed E-state index contributed by atoms with van der Waals surface area (Å²) in [6.07, 6.45) is 0.390. The number of carbonyl (C=O) groups excluding carboxylic acids is 1. The first-order chi connectivity index (χ1) is 9.15. The number of nitrogens with two attached hydrogens (primary N) is 1. The minimum absolute atomic E-state index is 0.0118. The van der Waals surface area contributed by atoms with Gasteiger partial charge in [-0.3, -0.25) is 4.79 Å². The molecule has 1 atom stereocenters. The van der Waals surface area contributed by atoms with E-state index in [4.69, 9.17) is 11.0 Å². The minimum atomic E-state index is -0.0118. The van der Waals surface area contributed by atoms with Crippen LogP contribution >= 0.6 is 11.8 Å². The zero-order valence-corrected chi connectivity index (χ0v) is 11.9. The van der Waals surface area contributed by atoms with Gasteiger partial charge in [0.15, 0.2) is 0 Å². The number of anilines is 1. The first-order valence-electron chi connectivity index (χ1n) is 6.19. The van der Waals surface area contributed by atoms with Gasteiger partial charge in [-0.15, -0.1) is 0 Å². The van der Waals surface area contributed by atoms with Crippen molar-refractivity contribution in [2.45, 2.75) is 13.3 Å². The molecule has 1 unspecified atom stereocenters. The van der Waals surface area contributed by atoms with Crippen molar-refractivity contribution in [2.75, 3.05) is 23.4 Å². The third-order valence-corrected chi connectivity index (χ3v) is 3.83. The quantitative estimate of drug-likeness (QED) is 0.799. The molecule has 1 aromatic rings. The maximum absolute atomic E-state index is 11.7. The molecule has 3 N–H and O–H groups in total. The Bertz CT molecular complexity index is 439. The third-order valence-electron chi connectivity index (χ3n) is 2.56. The van der Waals surface area contributed by atoms with Crippen molar-refractivity contribution in [2.24, 2.45) is 11.7 Å². The number of nitriles is 1. The summed E-state index contributed by atoms with van der Waals surface area (Å²) in [4.78, 5) is 11.7. The fourth-order valence-electron chi connectivity index (χ4n) is 1.42. The fraction of sp³-hybridized carbons (Fsp3) is 0.429. The van der Waals surface area contributed by atoms with Crippen LogP contribution in [0.2, 0.25) is 0 Å². The number of thioether (sulfide) groups is 1. The van der Waals surface area contributed by atoms with E-state index >= 15 is 0 Å². The number of nitrogens with one attached hydrogen (secondary N) is 1. The molecular weight excluding hydrogens is 258 g/mol. The topological polar surface area (TPSA) is 78.9 Å². The molecule has 0 radical (unpaired) electrons. The van der Waals surface area contributed by atoms with Crippen LogP contribution in [-0.2, 0) is 11.2 Å². The molecule has 1 rings (SSSR count). The normalized spacial score (nSPS) is 11.6. The van der Waals surface area contributed by atoms with Crippen LogP contribution in [0.25, 0.3) is 0 Å². The summed E-state index contributed by atoms with van der Waals surface area (Å²) in [6, 6.07) is 9.42. The summed E-state index contributed by atoms with van der Waals surface area (Å²) in [5.41, 5.74) is 7.23. The van der Waals surface area contributed by atoms with Crippen LogP contribution in [0.4, 0.5) is 5.69 Å². The molecular formula is C14H19N3OS. The molecule has 0 saturated heterocycles. The van der Waals surface area contributed by atoms with Gasteiger partial charge < -0.3 is 11.1 Å². The van der Waals surface area contributed by atoms with Gasteiger partial charge in [0.25, 0.3) is 0 Å². The van der Waals surface area contributed by atoms with Gasteiger partial charge in [-0.05, 0) is 35.9 Å². The number of hydrogen-bond acceptors (Lipinski definition) is 4. The van der Waals surface area contributed by atoms with E-state index in [2.05, 4.69) is 18.3 Å². The smallest absolute Gasteiger partial charge is 0.234 e. The Morgan fingerprint density at radius 3 is 2.74 bits per heavy atom. The predicted octanol–water partition coefficient (Wildman–Crippen LogP) is 2.02. The Morgan fingerprint density at radius 2 is 2.16 bits per heavy atom. The van der Waals surface area contributed by atoms with Crippen LogP contribution in [-0.4, -0.2) is 24.0 Å². The van der Waals surface area contributed by atoms with E-state index in [1.165, 1.54) is 0 Å². The van der Waals surface area contributed by atoms with Crippen molar-refractivity contribution in [3.8, 4) is 6.07 Å². The lowest BCUT2D eigenvalue weighted by Gasteiger charge is -2.08. The maximum Gasteiger partial charge on any atom is 0.234 e. The van der Waals surface area contributed by atoms with Gasteiger partial charge in [-0.25, -0.2) is 0 Å². The highest BCUT2D eigenvalue weighted by molar-refractivity contribution is 7.99. The minimum Gasteiger partial charge on any atom is -0.330 e. The van der Waals surface area contributed by atoms with E-state index in [1.807, 2.05) is 24.3 Å². The van der Waals surface area contributed by atoms with Gasteiger partial charge in [0.2, 0.25) is 5.91 Å². The fourth-order valence-corrected chi connectivity index (χ4v) is 2.33. The van der Waals surface area contributed by atoms with E-state index in [-0.39, 0.29) is 5.91 Å². The Hall–Kier alpha value is -1.51. The summed E-state index contributed by atoms with van der Waals surface area (Å²) in [6.45, 7) is 2.72. The molecule has 0 fully saturated rings. The van der Waals surface area contributed by atoms with Gasteiger partial charge in [-0.1, -0.05) is 19.1 Å². The van der Waals surface area contributed by atoms with E-state index in [9.17, 15) is 4.79 Å². The summed E-state index contributed by atoms with van der Waals surface area (Å²) in [5.74, 6) is 1.75. The molecule has 4 nitrogen and oxygen atoms in total. The van der Waals surface area contributed by atoms with E-state index < -0.39 is 0 Å². The van der Waals surface area contributed by atoms with Gasteiger partial charge in [0.1, 0.15) is 0 Å². The molecule has 0 bridgehead atoms. The molecule has 0 aliphatic carbocycles. The predicted molar refractivity (Wildman–Crippen MR) is 79.9 cm³/mol. The standard InChI is InChI=1S/C14H19N3OS/c1-11(8-16)9-19-10-14(18)17-13-4-2-12(3-5-13)6-7-15/h2-5,11H,6,8-10,16H2,1H3,(H,17,18). The van der Waals surface area contributed by atoms with Crippen LogP contribution in [0.1, 0.15) is 12.5 Å². The molecule has 102 valence electrons. The monoisotopic (exact) mass is 277 g/mol. The summed E-state index contributed by atoms with van der Waals surface area (Å²) < 4.78 is 0. The Kier molecular flexibility index (Phi) is 7.01. The Labute approximate surface area is 118 Å². The average Bonchev–Trinajstić information content (AvgIpc) is 2.41. The number of carbonyl (C=O) groups is 1. The third kappa shape index (κ3) is 6.27. The molecule has 5 heteroatoms. The van der Waals surface area contributed by atoms with Gasteiger partial charge >= 0.3 is 0 Å². The molecule has 1 amide bonds. The molecule has 0 aliphatic heterocycles. The Morgan fingerprint density at radius 1 is 1.47 bits per heavy atom. The zero-order valence-electron chi connectivity index (χ0n) is 11.1. The number of benzene rings is 1. The summed E-state index contributed by atoms with van der Waals surface area (Å²) >= 11 is 1.59. The molecule has 1 aromatic carbocycles. The highest BCUT2D eigenvalue weighted by Crippen LogP contribution is 2.12. The molecule has 0 aliphatic rings. The van der Waals surface area contributed by atoms with Crippen molar-refractivity contribution in [1.82, 2.24) is 0 Å². The van der Waals surface area contributed by atoms with E-state index in [1.54, 1.807) is 11.8 Å². The maximum atomic E-state index is 11.7. The van der Waals surface area contributed by atoms with Gasteiger partial charge in [-0.2, -0.15) is 17.0 Å². The number of nitrogens with zero attached hydrogens (tertiary/aromatic N) is 1. The Balaban J connectivity index is 2.34. The summed E-state index contributed by atoms with van der Waals surface area (Å²) in [5, 5.41) is 11.4. The lowest BCUT2D eigenvalue weighted by atomic mass is 10.1. The first-order valence-corrected chi connectivity index (χ1v) is 7.34. The SMILES string of the molecule is CC(CN)CSCC(=O)Nc1ccc(CC#N)cc1. The number of rotatable bonds is 7.